The first-order chi connectivity index (χ1) is 12.9. The monoisotopic (exact) mass is 415 g/mol. The van der Waals surface area contributed by atoms with Gasteiger partial charge in [0.15, 0.2) is 0 Å². The molecule has 0 bridgehead atoms. The molecule has 7 nitrogen and oxygen atoms in total. The fourth-order valence-electron chi connectivity index (χ4n) is 3.50. The van der Waals surface area contributed by atoms with Crippen molar-refractivity contribution in [3.05, 3.63) is 23.2 Å². The molecule has 1 aromatic carbocycles. The molecule has 1 amide bonds. The van der Waals surface area contributed by atoms with E-state index in [0.29, 0.717) is 49.9 Å². The highest BCUT2D eigenvalue weighted by Gasteiger charge is 2.30. The number of carbonyl (C=O) groups is 1. The summed E-state index contributed by atoms with van der Waals surface area (Å²) in [5, 5.41) is 3.57. The molecule has 2 aliphatic rings. The number of nitrogens with zero attached hydrogens (tertiary/aromatic N) is 2. The maximum Gasteiger partial charge on any atom is 0.227 e. The lowest BCUT2D eigenvalue weighted by Gasteiger charge is -2.32. The first-order valence-corrected chi connectivity index (χ1v) is 11.3. The van der Waals surface area contributed by atoms with E-state index in [4.69, 9.17) is 16.3 Å². The molecule has 1 aromatic rings. The highest BCUT2D eigenvalue weighted by Crippen LogP contribution is 2.31. The first kappa shape index (κ1) is 20.4. The molecule has 1 N–H and O–H groups in total. The lowest BCUT2D eigenvalue weighted by molar-refractivity contribution is -0.120. The second-order valence-corrected chi connectivity index (χ2v) is 9.52. The van der Waals surface area contributed by atoms with Crippen molar-refractivity contribution >= 4 is 38.9 Å². The van der Waals surface area contributed by atoms with Crippen LogP contribution in [0.2, 0.25) is 5.02 Å². The van der Waals surface area contributed by atoms with Crippen molar-refractivity contribution in [2.24, 2.45) is 5.92 Å². The van der Waals surface area contributed by atoms with E-state index in [1.165, 1.54) is 4.31 Å². The molecular weight excluding hydrogens is 390 g/mol. The molecule has 0 radical (unpaired) electrons. The van der Waals surface area contributed by atoms with Crippen molar-refractivity contribution in [2.75, 3.05) is 55.4 Å². The van der Waals surface area contributed by atoms with Crippen LogP contribution in [0.1, 0.15) is 19.8 Å². The molecule has 2 fully saturated rings. The Morgan fingerprint density at radius 3 is 2.52 bits per heavy atom. The van der Waals surface area contributed by atoms with Gasteiger partial charge in [0, 0.05) is 37.1 Å². The first-order valence-electron chi connectivity index (χ1n) is 9.31. The van der Waals surface area contributed by atoms with E-state index in [1.807, 2.05) is 12.1 Å². The van der Waals surface area contributed by atoms with Crippen LogP contribution in [-0.4, -0.2) is 63.8 Å². The molecule has 0 atom stereocenters. The Morgan fingerprint density at radius 2 is 1.89 bits per heavy atom. The van der Waals surface area contributed by atoms with Gasteiger partial charge in [-0.3, -0.25) is 4.79 Å². The smallest absolute Gasteiger partial charge is 0.227 e. The average molecular weight is 416 g/mol. The van der Waals surface area contributed by atoms with E-state index in [0.717, 1.165) is 18.8 Å². The number of ether oxygens (including phenoxy) is 1. The summed E-state index contributed by atoms with van der Waals surface area (Å²) in [6, 6.07) is 5.50. The molecule has 27 heavy (non-hydrogen) atoms. The van der Waals surface area contributed by atoms with Gasteiger partial charge < -0.3 is 15.0 Å². The standard InChI is InChI=1S/C18H26ClN3O4S/c1-2-27(24,25)22-7-5-14(6-8-22)18(23)20-16-13-15(19)3-4-17(16)21-9-11-26-12-10-21/h3-4,13-14H,2,5-12H2,1H3,(H,20,23). The number of morpholine rings is 1. The zero-order valence-electron chi connectivity index (χ0n) is 15.5. The Hall–Kier alpha value is -1.35. The van der Waals surface area contributed by atoms with Crippen molar-refractivity contribution in [1.82, 2.24) is 4.31 Å². The summed E-state index contributed by atoms with van der Waals surface area (Å²) in [5.41, 5.74) is 1.63. The molecule has 0 unspecified atom stereocenters. The van der Waals surface area contributed by atoms with Gasteiger partial charge in [0.05, 0.1) is 30.3 Å². The Morgan fingerprint density at radius 1 is 1.22 bits per heavy atom. The second-order valence-electron chi connectivity index (χ2n) is 6.82. The van der Waals surface area contributed by atoms with Gasteiger partial charge in [-0.25, -0.2) is 12.7 Å². The third-order valence-electron chi connectivity index (χ3n) is 5.15. The minimum Gasteiger partial charge on any atom is -0.378 e. The number of amides is 1. The number of hydrogen-bond acceptors (Lipinski definition) is 5. The highest BCUT2D eigenvalue weighted by molar-refractivity contribution is 7.89. The van der Waals surface area contributed by atoms with Crippen LogP contribution < -0.4 is 10.2 Å². The number of hydrogen-bond donors (Lipinski definition) is 1. The zero-order chi connectivity index (χ0) is 19.4. The van der Waals surface area contributed by atoms with Crippen LogP contribution in [0.5, 0.6) is 0 Å². The van der Waals surface area contributed by atoms with E-state index in [1.54, 1.807) is 13.0 Å². The van der Waals surface area contributed by atoms with Gasteiger partial charge in [-0.05, 0) is 38.0 Å². The van der Waals surface area contributed by atoms with Crippen LogP contribution in [0.15, 0.2) is 18.2 Å². The fourth-order valence-corrected chi connectivity index (χ4v) is 4.81. The predicted octanol–water partition coefficient (Wildman–Crippen LogP) is 2.18. The number of anilines is 2. The topological polar surface area (TPSA) is 79.0 Å². The van der Waals surface area contributed by atoms with Crippen LogP contribution >= 0.6 is 11.6 Å². The molecule has 0 aliphatic carbocycles. The van der Waals surface area contributed by atoms with Crippen molar-refractivity contribution in [1.29, 1.82) is 0 Å². The molecule has 150 valence electrons. The van der Waals surface area contributed by atoms with Crippen molar-refractivity contribution in [2.45, 2.75) is 19.8 Å². The highest BCUT2D eigenvalue weighted by atomic mass is 35.5. The van der Waals surface area contributed by atoms with Gasteiger partial charge in [-0.1, -0.05) is 11.6 Å². The largest absolute Gasteiger partial charge is 0.378 e. The normalized spacial score (nSPS) is 19.9. The Labute approximate surface area is 165 Å². The van der Waals surface area contributed by atoms with Crippen molar-refractivity contribution in [3.8, 4) is 0 Å². The number of benzene rings is 1. The summed E-state index contributed by atoms with van der Waals surface area (Å²) < 4.78 is 30.8. The summed E-state index contributed by atoms with van der Waals surface area (Å²) in [4.78, 5) is 14.9. The van der Waals surface area contributed by atoms with Gasteiger partial charge in [-0.15, -0.1) is 0 Å². The van der Waals surface area contributed by atoms with Crippen LogP contribution in [-0.2, 0) is 19.6 Å². The molecule has 2 heterocycles. The number of halogens is 1. The molecule has 0 spiro atoms. The number of carbonyl (C=O) groups excluding carboxylic acids is 1. The van der Waals surface area contributed by atoms with Crippen LogP contribution in [0.4, 0.5) is 11.4 Å². The fraction of sp³-hybridized carbons (Fsp3) is 0.611. The summed E-state index contributed by atoms with van der Waals surface area (Å²) >= 11 is 6.14. The zero-order valence-corrected chi connectivity index (χ0v) is 17.1. The van der Waals surface area contributed by atoms with Gasteiger partial charge in [-0.2, -0.15) is 0 Å². The SMILES string of the molecule is CCS(=O)(=O)N1CCC(C(=O)Nc2cc(Cl)ccc2N2CCOCC2)CC1. The number of rotatable bonds is 5. The summed E-state index contributed by atoms with van der Waals surface area (Å²) in [6.45, 7) is 5.25. The maximum atomic E-state index is 12.8. The number of sulfonamides is 1. The molecule has 9 heteroatoms. The Balaban J connectivity index is 1.67. The van der Waals surface area contributed by atoms with E-state index < -0.39 is 10.0 Å². The Bertz CT molecular complexity index is 773. The summed E-state index contributed by atoms with van der Waals surface area (Å²) in [5.74, 6) is -0.194. The minimum atomic E-state index is -3.19. The number of nitrogens with one attached hydrogen (secondary N) is 1. The van der Waals surface area contributed by atoms with Crippen molar-refractivity contribution < 1.29 is 17.9 Å². The molecule has 0 aromatic heterocycles. The van der Waals surface area contributed by atoms with Gasteiger partial charge in [0.2, 0.25) is 15.9 Å². The molecule has 3 rings (SSSR count). The Kier molecular flexibility index (Phi) is 6.62. The molecule has 2 aliphatic heterocycles. The van der Waals surface area contributed by atoms with E-state index >= 15 is 0 Å². The number of piperidine rings is 1. The van der Waals surface area contributed by atoms with Gasteiger partial charge in [0.25, 0.3) is 0 Å². The van der Waals surface area contributed by atoms with E-state index in [9.17, 15) is 13.2 Å². The lowest BCUT2D eigenvalue weighted by Crippen LogP contribution is -2.42. The lowest BCUT2D eigenvalue weighted by atomic mass is 9.97. The third-order valence-corrected chi connectivity index (χ3v) is 7.27. The van der Waals surface area contributed by atoms with Gasteiger partial charge >= 0.3 is 0 Å². The molecule has 2 saturated heterocycles. The minimum absolute atomic E-state index is 0.0830. The summed E-state index contributed by atoms with van der Waals surface area (Å²) in [6.07, 6.45) is 1.05. The molecule has 0 saturated carbocycles. The van der Waals surface area contributed by atoms with Crippen LogP contribution in [0, 0.1) is 5.92 Å². The predicted molar refractivity (Wildman–Crippen MR) is 107 cm³/mol. The van der Waals surface area contributed by atoms with Crippen molar-refractivity contribution in [3.63, 3.8) is 0 Å². The van der Waals surface area contributed by atoms with E-state index in [2.05, 4.69) is 10.2 Å². The quantitative estimate of drug-likeness (QED) is 0.797. The van der Waals surface area contributed by atoms with E-state index in [-0.39, 0.29) is 17.6 Å². The maximum absolute atomic E-state index is 12.8. The average Bonchev–Trinajstić information content (AvgIpc) is 2.69. The van der Waals surface area contributed by atoms with Gasteiger partial charge in [0.1, 0.15) is 0 Å². The summed E-state index contributed by atoms with van der Waals surface area (Å²) in [7, 11) is -3.19. The molecular formula is C18H26ClN3O4S. The third kappa shape index (κ3) is 4.93. The van der Waals surface area contributed by atoms with Crippen LogP contribution in [0.25, 0.3) is 0 Å². The van der Waals surface area contributed by atoms with Crippen LogP contribution in [0.3, 0.4) is 0 Å². The second kappa shape index (κ2) is 8.77.